The van der Waals surface area contributed by atoms with E-state index in [0.29, 0.717) is 0 Å². The summed E-state index contributed by atoms with van der Waals surface area (Å²) in [4.78, 5) is 0. The molecule has 0 spiro atoms. The molecule has 0 amide bonds. The minimum Gasteiger partial charge on any atom is -0.372 e. The van der Waals surface area contributed by atoms with Crippen molar-refractivity contribution < 1.29 is 0 Å². The number of nitrogens with one attached hydrogen (secondary N) is 4. The van der Waals surface area contributed by atoms with Crippen molar-refractivity contribution in [2.24, 2.45) is 16.2 Å². The smallest absolute Gasteiger partial charge is 0.197 e. The summed E-state index contributed by atoms with van der Waals surface area (Å²) in [5.41, 5.74) is 2.19. The molecule has 0 aromatic heterocycles. The van der Waals surface area contributed by atoms with E-state index >= 15 is 0 Å². The molecule has 0 aromatic carbocycles. The molecule has 2 aliphatic heterocycles. The van der Waals surface area contributed by atoms with Crippen molar-refractivity contribution in [3.63, 3.8) is 0 Å². The summed E-state index contributed by atoms with van der Waals surface area (Å²) in [5.74, 6) is 4.97. The van der Waals surface area contributed by atoms with Crippen molar-refractivity contribution in [3.8, 4) is 0 Å². The van der Waals surface area contributed by atoms with Crippen LogP contribution in [0, 0.1) is 0 Å². The second-order valence-electron chi connectivity index (χ2n) is 2.97. The molecule has 0 aromatic rings. The third-order valence-corrected chi connectivity index (χ3v) is 2.14. The van der Waals surface area contributed by atoms with E-state index in [1.54, 1.807) is 0 Å². The van der Waals surface area contributed by atoms with Crippen molar-refractivity contribution >= 4 is 0 Å². The van der Waals surface area contributed by atoms with Crippen molar-refractivity contribution in [2.45, 2.75) is 19.4 Å². The van der Waals surface area contributed by atoms with Crippen LogP contribution >= 0.6 is 0 Å². The third kappa shape index (κ3) is 1.43. The number of nitrogens with zero attached hydrogens (tertiary/aromatic N) is 2. The first kappa shape index (κ1) is 8.27. The minimum absolute atomic E-state index is 0.122. The lowest BCUT2D eigenvalue weighted by Crippen LogP contribution is -2.54. The molecular formula is C6H13N7. The van der Waals surface area contributed by atoms with Gasteiger partial charge in [0, 0.05) is 5.70 Å². The van der Waals surface area contributed by atoms with Crippen LogP contribution in [0.5, 0.6) is 0 Å². The Kier molecular flexibility index (Phi) is 2.03. The molecule has 2 atom stereocenters. The van der Waals surface area contributed by atoms with Gasteiger partial charge in [0.25, 0.3) is 0 Å². The molecule has 2 heterocycles. The molecule has 1 fully saturated rings. The Morgan fingerprint density at radius 1 is 1.54 bits per heavy atom. The van der Waals surface area contributed by atoms with Gasteiger partial charge in [-0.3, -0.25) is 10.6 Å². The number of hydrogen-bond donors (Lipinski definition) is 5. The van der Waals surface area contributed by atoms with E-state index in [-0.39, 0.29) is 12.5 Å². The molecule has 0 radical (unpaired) electrons. The minimum atomic E-state index is -0.244. The quantitative estimate of drug-likeness (QED) is 0.193. The van der Waals surface area contributed by atoms with E-state index in [1.165, 1.54) is 0 Å². The second-order valence-corrected chi connectivity index (χ2v) is 2.97. The highest BCUT2D eigenvalue weighted by Crippen LogP contribution is 2.11. The zero-order valence-corrected chi connectivity index (χ0v) is 7.33. The lowest BCUT2D eigenvalue weighted by atomic mass is 10.2. The summed E-state index contributed by atoms with van der Waals surface area (Å²) in [6.45, 7) is 2.75. The molecule has 0 saturated carbocycles. The molecule has 7 heteroatoms. The van der Waals surface area contributed by atoms with Crippen LogP contribution in [0.3, 0.4) is 0 Å². The van der Waals surface area contributed by atoms with Gasteiger partial charge in [-0.1, -0.05) is 5.22 Å². The summed E-state index contributed by atoms with van der Waals surface area (Å²) >= 11 is 0. The lowest BCUT2D eigenvalue weighted by Gasteiger charge is -2.28. The maximum absolute atomic E-state index is 4.97. The third-order valence-electron chi connectivity index (χ3n) is 2.14. The Balaban J connectivity index is 2.14. The molecule has 0 bridgehead atoms. The van der Waals surface area contributed by atoms with Gasteiger partial charge in [0.05, 0.1) is 12.4 Å². The predicted octanol–water partition coefficient (Wildman–Crippen LogP) is -1.50. The fourth-order valence-corrected chi connectivity index (χ4v) is 1.56. The van der Waals surface area contributed by atoms with Crippen molar-refractivity contribution in [1.82, 2.24) is 21.3 Å². The van der Waals surface area contributed by atoms with Gasteiger partial charge in [0.2, 0.25) is 0 Å². The van der Waals surface area contributed by atoms with Crippen molar-refractivity contribution in [1.29, 1.82) is 0 Å². The van der Waals surface area contributed by atoms with Crippen LogP contribution in [0.2, 0.25) is 0 Å². The van der Waals surface area contributed by atoms with Gasteiger partial charge >= 0.3 is 0 Å². The van der Waals surface area contributed by atoms with Crippen LogP contribution in [0.1, 0.15) is 6.92 Å². The summed E-state index contributed by atoms with van der Waals surface area (Å²) < 4.78 is 0. The van der Waals surface area contributed by atoms with Crippen LogP contribution in [-0.4, -0.2) is 19.1 Å². The Morgan fingerprint density at radius 2 is 2.38 bits per heavy atom. The molecule has 6 N–H and O–H groups in total. The van der Waals surface area contributed by atoms with Gasteiger partial charge in [-0.05, 0) is 6.92 Å². The van der Waals surface area contributed by atoms with Crippen LogP contribution in [0.15, 0.2) is 21.7 Å². The van der Waals surface area contributed by atoms with Gasteiger partial charge in [0.1, 0.15) is 6.17 Å². The van der Waals surface area contributed by atoms with E-state index in [0.717, 1.165) is 18.1 Å². The van der Waals surface area contributed by atoms with Crippen LogP contribution in [0.4, 0.5) is 0 Å². The Bertz CT molecular complexity index is 258. The average Bonchev–Trinajstić information content (AvgIpc) is 2.53. The number of nitrogens with two attached hydrogens (primary N) is 1. The van der Waals surface area contributed by atoms with E-state index < -0.39 is 0 Å². The zero-order chi connectivity index (χ0) is 9.26. The van der Waals surface area contributed by atoms with Crippen molar-refractivity contribution in [2.75, 3.05) is 6.67 Å². The Labute approximate surface area is 75.8 Å². The summed E-state index contributed by atoms with van der Waals surface area (Å²) in [6, 6.07) is 0. The van der Waals surface area contributed by atoms with Gasteiger partial charge < -0.3 is 16.5 Å². The largest absolute Gasteiger partial charge is 0.372 e. The van der Waals surface area contributed by atoms with Gasteiger partial charge in [-0.25, -0.2) is 0 Å². The first-order chi connectivity index (χ1) is 6.31. The predicted molar refractivity (Wildman–Crippen MR) is 46.7 cm³/mol. The zero-order valence-electron chi connectivity index (χ0n) is 7.33. The molecule has 1 saturated heterocycles. The average molecular weight is 183 g/mol. The molecule has 7 nitrogen and oxygen atoms in total. The number of rotatable bonds is 1. The number of allylic oxidation sites excluding steroid dienone is 1. The molecule has 72 valence electrons. The fraction of sp³-hybridized carbons (Fsp3) is 0.667. The van der Waals surface area contributed by atoms with Gasteiger partial charge in [-0.2, -0.15) is 0 Å². The van der Waals surface area contributed by atoms with E-state index in [1.807, 2.05) is 6.92 Å². The molecular weight excluding hydrogens is 170 g/mol. The molecule has 2 rings (SSSR count). The molecule has 13 heavy (non-hydrogen) atoms. The molecule has 2 unspecified atom stereocenters. The van der Waals surface area contributed by atoms with Crippen molar-refractivity contribution in [3.05, 3.63) is 11.4 Å². The Morgan fingerprint density at radius 3 is 3.15 bits per heavy atom. The molecule has 2 aliphatic rings. The lowest BCUT2D eigenvalue weighted by molar-refractivity contribution is 0.369. The fourth-order valence-electron chi connectivity index (χ4n) is 1.56. The van der Waals surface area contributed by atoms with Gasteiger partial charge in [0.15, 0.2) is 6.29 Å². The van der Waals surface area contributed by atoms with Crippen LogP contribution in [0.25, 0.3) is 0 Å². The van der Waals surface area contributed by atoms with Crippen LogP contribution in [-0.2, 0) is 0 Å². The van der Waals surface area contributed by atoms with E-state index in [4.69, 9.17) is 5.84 Å². The maximum atomic E-state index is 4.97. The van der Waals surface area contributed by atoms with E-state index in [9.17, 15) is 0 Å². The summed E-state index contributed by atoms with van der Waals surface area (Å²) in [6.07, 6.45) is -0.122. The highest BCUT2D eigenvalue weighted by Gasteiger charge is 2.29. The Hall–Kier alpha value is -1.34. The normalized spacial score (nSPS) is 33.0. The summed E-state index contributed by atoms with van der Waals surface area (Å²) in [7, 11) is 0. The first-order valence-corrected chi connectivity index (χ1v) is 4.12. The second kappa shape index (κ2) is 3.19. The maximum Gasteiger partial charge on any atom is 0.197 e. The number of fused-ring (bicyclic) bond motifs is 1. The number of hydrogen-bond acceptors (Lipinski definition) is 6. The van der Waals surface area contributed by atoms with E-state index in [2.05, 4.69) is 31.6 Å². The first-order valence-electron chi connectivity index (χ1n) is 4.12. The van der Waals surface area contributed by atoms with Gasteiger partial charge in [-0.15, -0.1) is 5.11 Å². The summed E-state index contributed by atoms with van der Waals surface area (Å²) in [5, 5.41) is 19.7. The highest BCUT2D eigenvalue weighted by atomic mass is 15.5. The SMILES string of the molecule is CC1=C2NCNC2NC(N=NN)N1. The topological polar surface area (TPSA) is 98.9 Å². The highest BCUT2D eigenvalue weighted by molar-refractivity contribution is 5.21. The standard InChI is InChI=1S/C6H13N7/c1-3-4-5(9-2-8-4)11-6(10-3)12-13-7/h5-6,8-11H,2H2,1H3,(H2,7,12). The monoisotopic (exact) mass is 183 g/mol. The molecule has 0 aliphatic carbocycles. The van der Waals surface area contributed by atoms with Crippen LogP contribution < -0.4 is 27.1 Å².